The summed E-state index contributed by atoms with van der Waals surface area (Å²) >= 11 is 0. The smallest absolute Gasteiger partial charge is 0.246 e. The highest BCUT2D eigenvalue weighted by molar-refractivity contribution is 5.96. The third-order valence-corrected chi connectivity index (χ3v) is 5.41. The topological polar surface area (TPSA) is 40.6 Å². The molecule has 0 spiro atoms. The van der Waals surface area contributed by atoms with E-state index in [0.717, 1.165) is 30.5 Å². The van der Waals surface area contributed by atoms with Crippen LogP contribution in [0.25, 0.3) is 0 Å². The second-order valence-corrected chi connectivity index (χ2v) is 7.60. The monoisotopic (exact) mass is 390 g/mol. The minimum absolute atomic E-state index is 0.0533. The first-order valence-electron chi connectivity index (χ1n) is 10.5. The van der Waals surface area contributed by atoms with Gasteiger partial charge in [0.2, 0.25) is 11.8 Å². The van der Waals surface area contributed by atoms with E-state index in [1.54, 1.807) is 16.7 Å². The van der Waals surface area contributed by atoms with Crippen molar-refractivity contribution in [2.75, 3.05) is 18.0 Å². The molecule has 152 valence electrons. The second kappa shape index (κ2) is 10.6. The number of anilines is 1. The predicted molar refractivity (Wildman–Crippen MR) is 117 cm³/mol. The predicted octanol–water partition coefficient (Wildman–Crippen LogP) is 4.96. The normalized spacial score (nSPS) is 13.5. The van der Waals surface area contributed by atoms with Gasteiger partial charge in [0.15, 0.2) is 0 Å². The molecule has 0 saturated heterocycles. The summed E-state index contributed by atoms with van der Waals surface area (Å²) in [5.74, 6) is -0.115. The SMILES string of the molecule is CC(=O)N(CCC1=CCCCC1)CC(=O)N(Cc1ccccc1)c1ccccc1. The Morgan fingerprint density at radius 1 is 0.931 bits per heavy atom. The van der Waals surface area contributed by atoms with Crippen LogP contribution in [0.3, 0.4) is 0 Å². The number of hydrogen-bond acceptors (Lipinski definition) is 2. The number of nitrogens with zero attached hydrogens (tertiary/aromatic N) is 2. The zero-order valence-corrected chi connectivity index (χ0v) is 17.2. The van der Waals surface area contributed by atoms with Crippen molar-refractivity contribution in [2.45, 2.75) is 45.6 Å². The van der Waals surface area contributed by atoms with E-state index >= 15 is 0 Å². The third-order valence-electron chi connectivity index (χ3n) is 5.41. The molecule has 0 aliphatic heterocycles. The van der Waals surface area contributed by atoms with Crippen molar-refractivity contribution in [1.82, 2.24) is 4.90 Å². The first-order valence-corrected chi connectivity index (χ1v) is 10.5. The molecule has 0 saturated carbocycles. The molecule has 29 heavy (non-hydrogen) atoms. The van der Waals surface area contributed by atoms with Gasteiger partial charge in [0.1, 0.15) is 6.54 Å². The van der Waals surface area contributed by atoms with Crippen molar-refractivity contribution in [2.24, 2.45) is 0 Å². The van der Waals surface area contributed by atoms with E-state index in [1.807, 2.05) is 60.7 Å². The molecule has 3 rings (SSSR count). The summed E-state index contributed by atoms with van der Waals surface area (Å²) in [4.78, 5) is 28.9. The average Bonchev–Trinajstić information content (AvgIpc) is 2.76. The molecule has 1 aliphatic carbocycles. The first-order chi connectivity index (χ1) is 14.1. The summed E-state index contributed by atoms with van der Waals surface area (Å²) in [5, 5.41) is 0. The molecule has 0 aromatic heterocycles. The summed E-state index contributed by atoms with van der Waals surface area (Å²) in [6, 6.07) is 19.6. The summed E-state index contributed by atoms with van der Waals surface area (Å²) in [7, 11) is 0. The van der Waals surface area contributed by atoms with E-state index in [2.05, 4.69) is 6.08 Å². The van der Waals surface area contributed by atoms with Crippen molar-refractivity contribution < 1.29 is 9.59 Å². The molecule has 0 radical (unpaired) electrons. The van der Waals surface area contributed by atoms with E-state index in [-0.39, 0.29) is 18.4 Å². The van der Waals surface area contributed by atoms with Crippen LogP contribution in [0, 0.1) is 0 Å². The Hall–Kier alpha value is -2.88. The Labute approximate surface area is 173 Å². The van der Waals surface area contributed by atoms with Crippen LogP contribution in [-0.2, 0) is 16.1 Å². The fourth-order valence-electron chi connectivity index (χ4n) is 3.70. The van der Waals surface area contributed by atoms with E-state index in [9.17, 15) is 9.59 Å². The number of benzene rings is 2. The Bertz CT molecular complexity index is 830. The van der Waals surface area contributed by atoms with Crippen LogP contribution < -0.4 is 4.90 Å². The van der Waals surface area contributed by atoms with Crippen molar-refractivity contribution in [3.8, 4) is 0 Å². The minimum Gasteiger partial charge on any atom is -0.333 e. The van der Waals surface area contributed by atoms with Crippen molar-refractivity contribution in [3.63, 3.8) is 0 Å². The van der Waals surface area contributed by atoms with Gasteiger partial charge in [-0.05, 0) is 49.8 Å². The number of allylic oxidation sites excluding steroid dienone is 1. The minimum atomic E-state index is -0.0622. The van der Waals surface area contributed by atoms with Crippen LogP contribution in [-0.4, -0.2) is 29.8 Å². The molecule has 4 heteroatoms. The van der Waals surface area contributed by atoms with E-state index in [0.29, 0.717) is 13.1 Å². The standard InChI is InChI=1S/C25H30N2O2/c1-21(28)26(18-17-22-11-5-2-6-12-22)20-25(29)27(24-15-9-4-10-16-24)19-23-13-7-3-8-14-23/h3-4,7-11,13-16H,2,5-6,12,17-20H2,1H3. The number of rotatable bonds is 8. The fraction of sp³-hybridized carbons (Fsp3) is 0.360. The average molecular weight is 391 g/mol. The van der Waals surface area contributed by atoms with Gasteiger partial charge in [-0.3, -0.25) is 9.59 Å². The van der Waals surface area contributed by atoms with E-state index < -0.39 is 0 Å². The molecule has 0 unspecified atom stereocenters. The molecule has 0 atom stereocenters. The second-order valence-electron chi connectivity index (χ2n) is 7.60. The molecule has 0 heterocycles. The highest BCUT2D eigenvalue weighted by atomic mass is 16.2. The molecule has 2 amide bonds. The fourth-order valence-corrected chi connectivity index (χ4v) is 3.70. The Kier molecular flexibility index (Phi) is 7.62. The van der Waals surface area contributed by atoms with Gasteiger partial charge < -0.3 is 9.80 Å². The van der Waals surface area contributed by atoms with Crippen LogP contribution in [0.1, 0.15) is 44.6 Å². The molecule has 0 N–H and O–H groups in total. The quantitative estimate of drug-likeness (QED) is 0.598. The first kappa shape index (κ1) is 20.8. The van der Waals surface area contributed by atoms with Crippen molar-refractivity contribution in [1.29, 1.82) is 0 Å². The van der Waals surface area contributed by atoms with Crippen LogP contribution in [0.5, 0.6) is 0 Å². The molecule has 0 bridgehead atoms. The van der Waals surface area contributed by atoms with Gasteiger partial charge >= 0.3 is 0 Å². The Balaban J connectivity index is 1.71. The van der Waals surface area contributed by atoms with Crippen LogP contribution in [0.2, 0.25) is 0 Å². The van der Waals surface area contributed by atoms with Gasteiger partial charge in [0.05, 0.1) is 6.54 Å². The third kappa shape index (κ3) is 6.31. The molecule has 0 fully saturated rings. The summed E-state index contributed by atoms with van der Waals surface area (Å²) in [6.45, 7) is 2.73. The highest BCUT2D eigenvalue weighted by Crippen LogP contribution is 2.21. The summed E-state index contributed by atoms with van der Waals surface area (Å²) in [6.07, 6.45) is 7.89. The lowest BCUT2D eigenvalue weighted by atomic mass is 9.97. The maximum Gasteiger partial charge on any atom is 0.246 e. The largest absolute Gasteiger partial charge is 0.333 e. The number of carbonyl (C=O) groups excluding carboxylic acids is 2. The highest BCUT2D eigenvalue weighted by Gasteiger charge is 2.21. The van der Waals surface area contributed by atoms with Gasteiger partial charge in [0.25, 0.3) is 0 Å². The number of carbonyl (C=O) groups is 2. The molecule has 2 aromatic rings. The Morgan fingerprint density at radius 2 is 1.62 bits per heavy atom. The summed E-state index contributed by atoms with van der Waals surface area (Å²) < 4.78 is 0. The van der Waals surface area contributed by atoms with Gasteiger partial charge in [-0.2, -0.15) is 0 Å². The Morgan fingerprint density at radius 3 is 2.24 bits per heavy atom. The van der Waals surface area contributed by atoms with Gasteiger partial charge in [0, 0.05) is 19.2 Å². The maximum atomic E-state index is 13.2. The molecule has 1 aliphatic rings. The molecular formula is C25H30N2O2. The van der Waals surface area contributed by atoms with Crippen LogP contribution in [0.4, 0.5) is 5.69 Å². The number of hydrogen-bond donors (Lipinski definition) is 0. The van der Waals surface area contributed by atoms with Crippen molar-refractivity contribution >= 4 is 17.5 Å². The molecule has 2 aromatic carbocycles. The van der Waals surface area contributed by atoms with E-state index in [1.165, 1.54) is 18.4 Å². The van der Waals surface area contributed by atoms with Gasteiger partial charge in [-0.15, -0.1) is 0 Å². The molecular weight excluding hydrogens is 360 g/mol. The lowest BCUT2D eigenvalue weighted by Crippen LogP contribution is -2.42. The lowest BCUT2D eigenvalue weighted by Gasteiger charge is -2.28. The number of para-hydroxylation sites is 1. The molecule has 4 nitrogen and oxygen atoms in total. The maximum absolute atomic E-state index is 13.2. The summed E-state index contributed by atoms with van der Waals surface area (Å²) in [5.41, 5.74) is 3.32. The zero-order chi connectivity index (χ0) is 20.5. The lowest BCUT2D eigenvalue weighted by molar-refractivity contribution is -0.133. The zero-order valence-electron chi connectivity index (χ0n) is 17.2. The van der Waals surface area contributed by atoms with E-state index in [4.69, 9.17) is 0 Å². The van der Waals surface area contributed by atoms with Crippen LogP contribution in [0.15, 0.2) is 72.3 Å². The van der Waals surface area contributed by atoms with Gasteiger partial charge in [-0.1, -0.05) is 60.2 Å². The number of amides is 2. The van der Waals surface area contributed by atoms with Crippen LogP contribution >= 0.6 is 0 Å². The van der Waals surface area contributed by atoms with Crippen molar-refractivity contribution in [3.05, 3.63) is 77.9 Å². The van der Waals surface area contributed by atoms with Gasteiger partial charge in [-0.25, -0.2) is 0 Å².